The highest BCUT2D eigenvalue weighted by atomic mass is 32.2. The molecule has 0 bridgehead atoms. The van der Waals surface area contributed by atoms with Crippen molar-refractivity contribution < 1.29 is 13.0 Å². The van der Waals surface area contributed by atoms with Crippen LogP contribution in [0, 0.1) is 5.53 Å². The van der Waals surface area contributed by atoms with Crippen LogP contribution in [0.15, 0.2) is 0 Å². The summed E-state index contributed by atoms with van der Waals surface area (Å²) < 4.78 is 27.3. The van der Waals surface area contributed by atoms with Gasteiger partial charge in [0.2, 0.25) is 0 Å². The zero-order chi connectivity index (χ0) is 8.62. The molecule has 0 aliphatic heterocycles. The summed E-state index contributed by atoms with van der Waals surface area (Å²) in [6.45, 7) is -0.0289. The van der Waals surface area contributed by atoms with Gasteiger partial charge in [-0.2, -0.15) is 8.42 Å². The molecule has 0 spiro atoms. The summed E-state index contributed by atoms with van der Waals surface area (Å²) >= 11 is 0. The third kappa shape index (κ3) is 27.1. The molecule has 7 nitrogen and oxygen atoms in total. The third-order valence-corrected chi connectivity index (χ3v) is 1.13. The van der Waals surface area contributed by atoms with E-state index in [0.717, 1.165) is 0 Å². The molecule has 0 aromatic carbocycles. The Balaban J connectivity index is 0. The average molecular weight is 168 g/mol. The van der Waals surface area contributed by atoms with Crippen LogP contribution >= 0.6 is 0 Å². The van der Waals surface area contributed by atoms with Crippen LogP contribution in [0.3, 0.4) is 0 Å². The summed E-state index contributed by atoms with van der Waals surface area (Å²) in [6, 6.07) is 0. The predicted octanol–water partition coefficient (Wildman–Crippen LogP) is -0.292. The molecule has 0 aliphatic carbocycles. The summed E-state index contributed by atoms with van der Waals surface area (Å²) in [4.78, 5) is 1.75. The third-order valence-electron chi connectivity index (χ3n) is 0.376. The van der Waals surface area contributed by atoms with Gasteiger partial charge in [-0.3, -0.25) is 4.55 Å². The second-order valence-corrected chi connectivity index (χ2v) is 2.75. The summed E-state index contributed by atoms with van der Waals surface area (Å²) in [6.07, 6.45) is 0. The van der Waals surface area contributed by atoms with Gasteiger partial charge in [-0.1, -0.05) is 0 Å². The lowest BCUT2D eigenvalue weighted by atomic mass is 10.8. The van der Waals surface area contributed by atoms with E-state index in [2.05, 4.69) is 0 Å². The van der Waals surface area contributed by atoms with E-state index < -0.39 is 10.1 Å². The van der Waals surface area contributed by atoms with Crippen molar-refractivity contribution in [2.75, 3.05) is 12.3 Å². The fourth-order valence-corrected chi connectivity index (χ4v) is 0.447. The first kappa shape index (κ1) is 11.9. The maximum Gasteiger partial charge on any atom is 0.266 e. The quantitative estimate of drug-likeness (QED) is 0.225. The monoisotopic (exact) mass is 168 g/mol. The topological polar surface area (TPSA) is 141 Å². The Bertz CT molecular complexity index is 191. The van der Waals surface area contributed by atoms with Gasteiger partial charge >= 0.3 is 0 Å². The van der Waals surface area contributed by atoms with E-state index in [1.807, 2.05) is 0 Å². The maximum atomic E-state index is 9.71. The largest absolute Gasteiger partial charge is 0.329 e. The predicted molar refractivity (Wildman–Crippen MR) is 34.9 cm³/mol. The smallest absolute Gasteiger partial charge is 0.266 e. The number of hydrogen-bond acceptors (Lipinski definition) is 4. The Morgan fingerprint density at radius 1 is 1.70 bits per heavy atom. The fourth-order valence-electron chi connectivity index (χ4n) is 0.149. The first-order valence-corrected chi connectivity index (χ1v) is 3.75. The summed E-state index contributed by atoms with van der Waals surface area (Å²) in [5.41, 5.74) is 17.0. The second-order valence-electron chi connectivity index (χ2n) is 1.17. The van der Waals surface area contributed by atoms with Crippen LogP contribution in [-0.4, -0.2) is 25.3 Å². The molecular formula is C2H8N4O3S. The Hall–Kier alpha value is -0.820. The molecule has 0 aromatic heterocycles. The summed E-state index contributed by atoms with van der Waals surface area (Å²) in [7, 11) is -3.80. The van der Waals surface area contributed by atoms with Crippen molar-refractivity contribution in [2.45, 2.75) is 0 Å². The summed E-state index contributed by atoms with van der Waals surface area (Å²) in [5.74, 6) is -0.354. The molecule has 0 amide bonds. The SMILES string of the molecule is NCCS(=O)(=O)O.[N-]=[N+]=N. The number of rotatable bonds is 2. The summed E-state index contributed by atoms with van der Waals surface area (Å²) in [5, 5.41) is 0. The first-order valence-electron chi connectivity index (χ1n) is 2.14. The van der Waals surface area contributed by atoms with Crippen LogP contribution in [0.2, 0.25) is 0 Å². The van der Waals surface area contributed by atoms with Crippen LogP contribution in [0.5, 0.6) is 0 Å². The van der Waals surface area contributed by atoms with Gasteiger partial charge in [0, 0.05) is 6.54 Å². The van der Waals surface area contributed by atoms with Gasteiger partial charge in [0.25, 0.3) is 10.1 Å². The molecule has 10 heavy (non-hydrogen) atoms. The van der Waals surface area contributed by atoms with Gasteiger partial charge < -0.3 is 5.73 Å². The zero-order valence-electron chi connectivity index (χ0n) is 5.06. The molecule has 4 N–H and O–H groups in total. The molecule has 0 aliphatic rings. The van der Waals surface area contributed by atoms with E-state index in [-0.39, 0.29) is 12.3 Å². The molecule has 0 radical (unpaired) electrons. The van der Waals surface area contributed by atoms with Crippen molar-refractivity contribution in [1.82, 2.24) is 0 Å². The molecule has 0 saturated carbocycles. The highest BCUT2D eigenvalue weighted by molar-refractivity contribution is 7.85. The van der Waals surface area contributed by atoms with E-state index in [0.29, 0.717) is 0 Å². The Morgan fingerprint density at radius 2 is 2.00 bits per heavy atom. The fraction of sp³-hybridized carbons (Fsp3) is 1.00. The van der Waals surface area contributed by atoms with Crippen molar-refractivity contribution in [1.29, 1.82) is 5.53 Å². The van der Waals surface area contributed by atoms with Gasteiger partial charge in [-0.15, -0.1) is 5.53 Å². The standard InChI is InChI=1S/C2H7NO3S.HN3/c3-1-2-7(4,5)6;1-3-2/h1-3H2,(H,4,5,6);1H. The Morgan fingerprint density at radius 3 is 2.00 bits per heavy atom. The zero-order valence-corrected chi connectivity index (χ0v) is 5.87. The second kappa shape index (κ2) is 6.30. The van der Waals surface area contributed by atoms with Crippen molar-refractivity contribution in [3.8, 4) is 0 Å². The molecule has 0 heterocycles. The van der Waals surface area contributed by atoms with Gasteiger partial charge in [-0.05, 0) is 10.4 Å². The lowest BCUT2D eigenvalue weighted by molar-refractivity contribution is 0.483. The average Bonchev–Trinajstić information content (AvgIpc) is 1.63. The minimum absolute atomic E-state index is 0.0289. The number of hydrogen-bond donors (Lipinski definition) is 3. The lowest BCUT2D eigenvalue weighted by Gasteiger charge is -1.86. The van der Waals surface area contributed by atoms with Gasteiger partial charge in [0.1, 0.15) is 0 Å². The van der Waals surface area contributed by atoms with E-state index >= 15 is 0 Å². The van der Waals surface area contributed by atoms with Crippen LogP contribution < -0.4 is 5.73 Å². The molecular weight excluding hydrogens is 160 g/mol. The van der Waals surface area contributed by atoms with Crippen LogP contribution in [0.4, 0.5) is 0 Å². The van der Waals surface area contributed by atoms with Crippen LogP contribution in [0.1, 0.15) is 0 Å². The lowest BCUT2D eigenvalue weighted by Crippen LogP contribution is -2.13. The molecule has 60 valence electrons. The van der Waals surface area contributed by atoms with Crippen molar-refractivity contribution in [2.24, 2.45) is 5.73 Å². The van der Waals surface area contributed by atoms with Crippen LogP contribution in [0.25, 0.3) is 10.4 Å². The van der Waals surface area contributed by atoms with E-state index in [9.17, 15) is 8.42 Å². The normalized spacial score (nSPS) is 9.00. The Kier molecular flexibility index (Phi) is 7.51. The molecule has 0 saturated heterocycles. The minimum Gasteiger partial charge on any atom is -0.329 e. The van der Waals surface area contributed by atoms with Gasteiger partial charge in [0.15, 0.2) is 0 Å². The van der Waals surface area contributed by atoms with Crippen molar-refractivity contribution in [3.63, 3.8) is 0 Å². The number of nitrogens with two attached hydrogens (primary N) is 1. The van der Waals surface area contributed by atoms with E-state index in [4.69, 9.17) is 21.3 Å². The Labute approximate surface area is 58.0 Å². The highest BCUT2D eigenvalue weighted by Gasteiger charge is 1.98. The molecule has 0 unspecified atom stereocenters. The number of nitrogens with zero attached hydrogens (tertiary/aromatic N) is 2. The maximum absolute atomic E-state index is 9.71. The van der Waals surface area contributed by atoms with Crippen molar-refractivity contribution >= 4 is 10.1 Å². The molecule has 0 rings (SSSR count). The van der Waals surface area contributed by atoms with E-state index in [1.54, 1.807) is 4.91 Å². The number of nitrogens with one attached hydrogen (secondary N) is 1. The molecule has 0 fully saturated rings. The van der Waals surface area contributed by atoms with E-state index in [1.165, 1.54) is 0 Å². The first-order chi connectivity index (χ1) is 4.47. The molecule has 0 aromatic rings. The highest BCUT2D eigenvalue weighted by Crippen LogP contribution is 1.74. The van der Waals surface area contributed by atoms with Crippen LogP contribution in [-0.2, 0) is 10.1 Å². The van der Waals surface area contributed by atoms with Gasteiger partial charge in [0.05, 0.1) is 5.75 Å². The molecule has 0 atom stereocenters. The molecule has 8 heteroatoms. The minimum atomic E-state index is -3.80. The van der Waals surface area contributed by atoms with Gasteiger partial charge in [-0.25, -0.2) is 0 Å². The van der Waals surface area contributed by atoms with Crippen molar-refractivity contribution in [3.05, 3.63) is 10.4 Å².